The summed E-state index contributed by atoms with van der Waals surface area (Å²) in [6.45, 7) is 5.10. The molecule has 2 rings (SSSR count). The van der Waals surface area contributed by atoms with E-state index in [9.17, 15) is 14.0 Å². The largest absolute Gasteiger partial charge is 0.456 e. The zero-order valence-corrected chi connectivity index (χ0v) is 15.5. The van der Waals surface area contributed by atoms with Crippen molar-refractivity contribution < 1.29 is 23.5 Å². The van der Waals surface area contributed by atoms with Gasteiger partial charge in [-0.2, -0.15) is 0 Å². The number of nitrogens with one attached hydrogen (secondary N) is 1. The molecule has 0 heterocycles. The lowest BCUT2D eigenvalue weighted by molar-refractivity contribution is -0.140. The second-order valence-corrected chi connectivity index (χ2v) is 6.77. The zero-order chi connectivity index (χ0) is 19.9. The first-order valence-electron chi connectivity index (χ1n) is 8.42. The van der Waals surface area contributed by atoms with Gasteiger partial charge in [-0.3, -0.25) is 5.32 Å². The van der Waals surface area contributed by atoms with Crippen molar-refractivity contribution >= 4 is 18.1 Å². The molecule has 0 unspecified atom stereocenters. The van der Waals surface area contributed by atoms with Crippen molar-refractivity contribution in [1.82, 2.24) is 5.32 Å². The van der Waals surface area contributed by atoms with E-state index in [0.717, 1.165) is 5.56 Å². The third-order valence-corrected chi connectivity index (χ3v) is 3.27. The fraction of sp³-hybridized carbons (Fsp3) is 0.238. The number of carbonyl (C=O) groups excluding carboxylic acids is 2. The number of ether oxygens (including phenoxy) is 2. The number of amides is 1. The molecule has 1 N–H and O–H groups in total. The minimum absolute atomic E-state index is 0.0181. The summed E-state index contributed by atoms with van der Waals surface area (Å²) in [5.74, 6) is -1.33. The molecule has 1 amide bonds. The average Bonchev–Trinajstić information content (AvgIpc) is 2.60. The molecule has 0 atom stereocenters. The van der Waals surface area contributed by atoms with Crippen molar-refractivity contribution in [2.24, 2.45) is 0 Å². The molecule has 0 aliphatic heterocycles. The molecule has 0 spiro atoms. The summed E-state index contributed by atoms with van der Waals surface area (Å²) in [5.41, 5.74) is -0.0416. The molecule has 0 bridgehead atoms. The molecule has 0 radical (unpaired) electrons. The summed E-state index contributed by atoms with van der Waals surface area (Å²) < 4.78 is 24.3. The molecule has 0 aliphatic carbocycles. The van der Waals surface area contributed by atoms with Gasteiger partial charge < -0.3 is 9.47 Å². The minimum atomic E-state index is -0.832. The van der Waals surface area contributed by atoms with Crippen LogP contribution < -0.4 is 5.32 Å². The molecule has 0 aliphatic rings. The molecule has 2 aromatic carbocycles. The van der Waals surface area contributed by atoms with Gasteiger partial charge in [-0.05, 0) is 38.5 Å². The van der Waals surface area contributed by atoms with E-state index < -0.39 is 23.5 Å². The number of carbonyl (C=O) groups is 2. The Morgan fingerprint density at radius 3 is 2.30 bits per heavy atom. The Labute approximate surface area is 157 Å². The maximum Gasteiger partial charge on any atom is 0.412 e. The van der Waals surface area contributed by atoms with Crippen LogP contribution in [-0.4, -0.2) is 17.7 Å². The topological polar surface area (TPSA) is 64.6 Å². The van der Waals surface area contributed by atoms with Crippen molar-refractivity contribution in [3.05, 3.63) is 77.2 Å². The van der Waals surface area contributed by atoms with E-state index in [1.54, 1.807) is 39.0 Å². The van der Waals surface area contributed by atoms with Gasteiger partial charge in [0, 0.05) is 5.56 Å². The van der Waals surface area contributed by atoms with Gasteiger partial charge in [-0.15, -0.1) is 0 Å². The fourth-order valence-corrected chi connectivity index (χ4v) is 2.11. The van der Waals surface area contributed by atoms with Gasteiger partial charge in [-0.25, -0.2) is 14.0 Å². The molecule has 0 fully saturated rings. The van der Waals surface area contributed by atoms with E-state index in [1.807, 2.05) is 18.2 Å². The molecule has 142 valence electrons. The number of hydrogen-bond donors (Lipinski definition) is 1. The summed E-state index contributed by atoms with van der Waals surface area (Å²) in [6.07, 6.45) is 0.383. The van der Waals surface area contributed by atoms with E-state index >= 15 is 0 Å². The monoisotopic (exact) mass is 371 g/mol. The molecular formula is C21H22FNO4. The predicted molar refractivity (Wildman–Crippen MR) is 100.0 cm³/mol. The second kappa shape index (κ2) is 8.98. The summed E-state index contributed by atoms with van der Waals surface area (Å²) in [4.78, 5) is 24.5. The third-order valence-electron chi connectivity index (χ3n) is 3.27. The highest BCUT2D eigenvalue weighted by Crippen LogP contribution is 2.13. The van der Waals surface area contributed by atoms with Crippen LogP contribution in [0.25, 0.3) is 6.08 Å². The standard InChI is InChI=1S/C21H22FNO4/c1-21(2,3)27-20(25)23-18(13-16-11-7-8-12-17(16)22)19(24)26-14-15-9-5-4-6-10-15/h4-13H,14H2,1-3H3,(H,23,25)/b18-13-. The molecule has 6 heteroatoms. The normalized spacial score (nSPS) is 11.6. The van der Waals surface area contributed by atoms with Crippen molar-refractivity contribution in [3.63, 3.8) is 0 Å². The Morgan fingerprint density at radius 2 is 1.67 bits per heavy atom. The van der Waals surface area contributed by atoms with Crippen LogP contribution >= 0.6 is 0 Å². The van der Waals surface area contributed by atoms with E-state index in [2.05, 4.69) is 5.32 Å². The summed E-state index contributed by atoms with van der Waals surface area (Å²) in [6, 6.07) is 15.0. The van der Waals surface area contributed by atoms with Crippen LogP contribution in [0.4, 0.5) is 9.18 Å². The van der Waals surface area contributed by atoms with E-state index in [-0.39, 0.29) is 17.9 Å². The molecule has 27 heavy (non-hydrogen) atoms. The molecule has 0 aromatic heterocycles. The highest BCUT2D eigenvalue weighted by atomic mass is 19.1. The maximum absolute atomic E-state index is 13.9. The molecule has 5 nitrogen and oxygen atoms in total. The summed E-state index contributed by atoms with van der Waals surface area (Å²) in [7, 11) is 0. The van der Waals surface area contributed by atoms with Crippen LogP contribution in [0.5, 0.6) is 0 Å². The first kappa shape index (κ1) is 20.2. The Kier molecular flexibility index (Phi) is 6.71. The van der Waals surface area contributed by atoms with Crippen LogP contribution in [-0.2, 0) is 20.9 Å². The number of benzene rings is 2. The SMILES string of the molecule is CC(C)(C)OC(=O)N/C(=C\c1ccccc1F)C(=O)OCc1ccccc1. The van der Waals surface area contributed by atoms with E-state index in [4.69, 9.17) is 9.47 Å². The van der Waals surface area contributed by atoms with Gasteiger partial charge in [-0.1, -0.05) is 48.5 Å². The first-order chi connectivity index (χ1) is 12.7. The van der Waals surface area contributed by atoms with Gasteiger partial charge in [0.25, 0.3) is 0 Å². The highest BCUT2D eigenvalue weighted by Gasteiger charge is 2.21. The third kappa shape index (κ3) is 6.93. The molecule has 0 saturated carbocycles. The van der Waals surface area contributed by atoms with Crippen LogP contribution in [0, 0.1) is 5.82 Å². The number of hydrogen-bond acceptors (Lipinski definition) is 4. The van der Waals surface area contributed by atoms with Gasteiger partial charge in [0.1, 0.15) is 23.7 Å². The van der Waals surface area contributed by atoms with Crippen molar-refractivity contribution in [2.45, 2.75) is 33.0 Å². The van der Waals surface area contributed by atoms with Crippen molar-refractivity contribution in [1.29, 1.82) is 0 Å². The van der Waals surface area contributed by atoms with Gasteiger partial charge in [0.2, 0.25) is 0 Å². The van der Waals surface area contributed by atoms with Crippen LogP contribution in [0.3, 0.4) is 0 Å². The minimum Gasteiger partial charge on any atom is -0.456 e. The van der Waals surface area contributed by atoms with Gasteiger partial charge in [0.05, 0.1) is 0 Å². The van der Waals surface area contributed by atoms with Gasteiger partial charge in [0.15, 0.2) is 0 Å². The highest BCUT2D eigenvalue weighted by molar-refractivity contribution is 5.96. The summed E-state index contributed by atoms with van der Waals surface area (Å²) in [5, 5.41) is 2.34. The smallest absolute Gasteiger partial charge is 0.412 e. The Bertz CT molecular complexity index is 826. The van der Waals surface area contributed by atoms with Gasteiger partial charge >= 0.3 is 12.1 Å². The van der Waals surface area contributed by atoms with Crippen molar-refractivity contribution in [2.75, 3.05) is 0 Å². The van der Waals surface area contributed by atoms with E-state index in [0.29, 0.717) is 0 Å². The fourth-order valence-electron chi connectivity index (χ4n) is 2.11. The quantitative estimate of drug-likeness (QED) is 0.624. The molecule has 0 saturated heterocycles. The Hall–Kier alpha value is -3.15. The second-order valence-electron chi connectivity index (χ2n) is 6.77. The van der Waals surface area contributed by atoms with E-state index in [1.165, 1.54) is 24.3 Å². The molecular weight excluding hydrogens is 349 g/mol. The molecule has 2 aromatic rings. The first-order valence-corrected chi connectivity index (χ1v) is 8.42. The summed E-state index contributed by atoms with van der Waals surface area (Å²) >= 11 is 0. The van der Waals surface area contributed by atoms with Crippen molar-refractivity contribution in [3.8, 4) is 0 Å². The Balaban J connectivity index is 2.19. The number of rotatable bonds is 5. The Morgan fingerprint density at radius 1 is 1.04 bits per heavy atom. The number of alkyl carbamates (subject to hydrolysis) is 1. The lowest BCUT2D eigenvalue weighted by Gasteiger charge is -2.20. The number of esters is 1. The maximum atomic E-state index is 13.9. The zero-order valence-electron chi connectivity index (χ0n) is 15.5. The van der Waals surface area contributed by atoms with Crippen LogP contribution in [0.2, 0.25) is 0 Å². The average molecular weight is 371 g/mol. The number of halogens is 1. The lowest BCUT2D eigenvalue weighted by Crippen LogP contribution is -2.34. The predicted octanol–water partition coefficient (Wildman–Crippen LogP) is 4.43. The lowest BCUT2D eigenvalue weighted by atomic mass is 10.2. The van der Waals surface area contributed by atoms with Crippen LogP contribution in [0.15, 0.2) is 60.3 Å². The van der Waals surface area contributed by atoms with Crippen LogP contribution in [0.1, 0.15) is 31.9 Å².